The molecule has 1 aliphatic heterocycles. The molecule has 124 valence electrons. The van der Waals surface area contributed by atoms with Gasteiger partial charge in [0.05, 0.1) is 31.4 Å². The van der Waals surface area contributed by atoms with Gasteiger partial charge >= 0.3 is 0 Å². The zero-order valence-corrected chi connectivity index (χ0v) is 13.7. The number of ether oxygens (including phenoxy) is 2. The summed E-state index contributed by atoms with van der Waals surface area (Å²) >= 11 is 0. The van der Waals surface area contributed by atoms with Gasteiger partial charge in [0.15, 0.2) is 11.5 Å². The highest BCUT2D eigenvalue weighted by Gasteiger charge is 2.34. The number of sulfonamides is 1. The summed E-state index contributed by atoms with van der Waals surface area (Å²) in [7, 11) is -0.598. The summed E-state index contributed by atoms with van der Waals surface area (Å²) in [6, 6.07) is 4.61. The van der Waals surface area contributed by atoms with Crippen molar-refractivity contribution in [2.75, 3.05) is 27.3 Å². The molecule has 1 atom stereocenters. The number of rotatable bonds is 5. The van der Waals surface area contributed by atoms with Crippen LogP contribution in [0.5, 0.6) is 11.5 Å². The van der Waals surface area contributed by atoms with Crippen molar-refractivity contribution in [1.82, 2.24) is 19.3 Å². The maximum atomic E-state index is 12.8. The molecule has 1 aromatic heterocycles. The van der Waals surface area contributed by atoms with Crippen LogP contribution in [0, 0.1) is 0 Å². The fraction of sp³-hybridized carbons (Fsp3) is 0.429. The number of nitrogens with zero attached hydrogens (tertiary/aromatic N) is 4. The third-order valence-corrected chi connectivity index (χ3v) is 5.80. The molecule has 1 aromatic carbocycles. The summed E-state index contributed by atoms with van der Waals surface area (Å²) in [5.41, 5.74) is 0. The Morgan fingerprint density at radius 3 is 2.65 bits per heavy atom. The van der Waals surface area contributed by atoms with Gasteiger partial charge < -0.3 is 9.47 Å². The number of aromatic nitrogens is 3. The van der Waals surface area contributed by atoms with E-state index in [4.69, 9.17) is 9.47 Å². The second-order valence-corrected chi connectivity index (χ2v) is 7.14. The van der Waals surface area contributed by atoms with E-state index in [2.05, 4.69) is 10.3 Å². The van der Waals surface area contributed by atoms with Crippen LogP contribution in [0.3, 0.4) is 0 Å². The van der Waals surface area contributed by atoms with Gasteiger partial charge in [-0.2, -0.15) is 4.31 Å². The molecular weight excluding hydrogens is 320 g/mol. The third-order valence-electron chi connectivity index (χ3n) is 3.93. The van der Waals surface area contributed by atoms with Gasteiger partial charge in [0, 0.05) is 25.4 Å². The van der Waals surface area contributed by atoms with Crippen LogP contribution in [0.2, 0.25) is 0 Å². The Morgan fingerprint density at radius 1 is 1.22 bits per heavy atom. The highest BCUT2D eigenvalue weighted by Crippen LogP contribution is 2.32. The minimum atomic E-state index is -3.58. The van der Waals surface area contributed by atoms with E-state index in [-0.39, 0.29) is 10.9 Å². The monoisotopic (exact) mass is 338 g/mol. The summed E-state index contributed by atoms with van der Waals surface area (Å²) in [6.45, 7) is 0.821. The van der Waals surface area contributed by atoms with E-state index in [1.165, 1.54) is 30.7 Å². The Bertz CT molecular complexity index is 776. The van der Waals surface area contributed by atoms with Crippen molar-refractivity contribution in [3.63, 3.8) is 0 Å². The number of methoxy groups -OCH3 is 2. The minimum absolute atomic E-state index is 0.00687. The van der Waals surface area contributed by atoms with E-state index < -0.39 is 10.0 Å². The van der Waals surface area contributed by atoms with Gasteiger partial charge in [-0.05, 0) is 18.6 Å². The normalized spacial score (nSPS) is 19.0. The molecule has 0 radical (unpaired) electrons. The average Bonchev–Trinajstić information content (AvgIpc) is 3.24. The molecule has 0 amide bonds. The molecule has 9 heteroatoms. The lowest BCUT2D eigenvalue weighted by molar-refractivity contribution is 0.353. The van der Waals surface area contributed by atoms with Crippen molar-refractivity contribution < 1.29 is 17.9 Å². The van der Waals surface area contributed by atoms with Gasteiger partial charge in [0.1, 0.15) is 0 Å². The van der Waals surface area contributed by atoms with Gasteiger partial charge in [-0.15, -0.1) is 5.10 Å². The highest BCUT2D eigenvalue weighted by atomic mass is 32.2. The lowest BCUT2D eigenvalue weighted by atomic mass is 10.3. The Kier molecular flexibility index (Phi) is 4.22. The maximum absolute atomic E-state index is 12.8. The van der Waals surface area contributed by atoms with E-state index in [0.717, 1.165) is 0 Å². The lowest BCUT2D eigenvalue weighted by Gasteiger charge is -2.17. The second-order valence-electron chi connectivity index (χ2n) is 5.21. The molecule has 1 fully saturated rings. The first-order chi connectivity index (χ1) is 11.1. The Morgan fingerprint density at radius 2 is 2.00 bits per heavy atom. The van der Waals surface area contributed by atoms with Crippen LogP contribution in [0.25, 0.3) is 0 Å². The number of hydrogen-bond acceptors (Lipinski definition) is 6. The van der Waals surface area contributed by atoms with Gasteiger partial charge in [0.2, 0.25) is 10.0 Å². The Labute approximate surface area is 134 Å². The molecule has 0 aliphatic carbocycles. The van der Waals surface area contributed by atoms with Crippen molar-refractivity contribution in [2.45, 2.75) is 17.4 Å². The molecule has 0 saturated carbocycles. The summed E-state index contributed by atoms with van der Waals surface area (Å²) in [5, 5.41) is 7.71. The molecule has 1 aliphatic rings. The van der Waals surface area contributed by atoms with Gasteiger partial charge in [-0.25, -0.2) is 13.1 Å². The second kappa shape index (κ2) is 6.17. The topological polar surface area (TPSA) is 86.6 Å². The summed E-state index contributed by atoms with van der Waals surface area (Å²) < 4.78 is 39.1. The van der Waals surface area contributed by atoms with E-state index >= 15 is 0 Å². The zero-order valence-electron chi connectivity index (χ0n) is 12.9. The molecule has 0 spiro atoms. The summed E-state index contributed by atoms with van der Waals surface area (Å²) in [4.78, 5) is 0.189. The van der Waals surface area contributed by atoms with Crippen LogP contribution in [-0.2, 0) is 10.0 Å². The van der Waals surface area contributed by atoms with Crippen molar-refractivity contribution >= 4 is 10.0 Å². The molecule has 2 heterocycles. The SMILES string of the molecule is COc1ccc(S(=O)(=O)N2CCC(n3ccnn3)C2)cc1OC. The quantitative estimate of drug-likeness (QED) is 0.806. The fourth-order valence-electron chi connectivity index (χ4n) is 2.68. The first-order valence-corrected chi connectivity index (χ1v) is 8.58. The van der Waals surface area contributed by atoms with Crippen LogP contribution in [-0.4, -0.2) is 55.0 Å². The summed E-state index contributed by atoms with van der Waals surface area (Å²) in [5.74, 6) is 0.883. The van der Waals surface area contributed by atoms with Gasteiger partial charge in [0.25, 0.3) is 0 Å². The Hall–Kier alpha value is -2.13. The largest absolute Gasteiger partial charge is 0.493 e. The van der Waals surface area contributed by atoms with Crippen molar-refractivity contribution in [3.05, 3.63) is 30.6 Å². The van der Waals surface area contributed by atoms with Crippen LogP contribution in [0.15, 0.2) is 35.5 Å². The van der Waals surface area contributed by atoms with Gasteiger partial charge in [-0.3, -0.25) is 0 Å². The summed E-state index contributed by atoms with van der Waals surface area (Å²) in [6.07, 6.45) is 4.04. The van der Waals surface area contributed by atoms with Gasteiger partial charge in [-0.1, -0.05) is 5.21 Å². The van der Waals surface area contributed by atoms with Crippen LogP contribution >= 0.6 is 0 Å². The van der Waals surface area contributed by atoms with Crippen LogP contribution in [0.4, 0.5) is 0 Å². The Balaban J connectivity index is 1.85. The zero-order chi connectivity index (χ0) is 16.4. The molecule has 3 rings (SSSR count). The molecule has 1 saturated heterocycles. The molecule has 0 bridgehead atoms. The van der Waals surface area contributed by atoms with Crippen LogP contribution < -0.4 is 9.47 Å². The minimum Gasteiger partial charge on any atom is -0.493 e. The number of hydrogen-bond donors (Lipinski definition) is 0. The number of benzene rings is 1. The molecule has 8 nitrogen and oxygen atoms in total. The first-order valence-electron chi connectivity index (χ1n) is 7.14. The fourth-order valence-corrected chi connectivity index (χ4v) is 4.19. The van der Waals surface area contributed by atoms with E-state index in [9.17, 15) is 8.42 Å². The molecule has 23 heavy (non-hydrogen) atoms. The smallest absolute Gasteiger partial charge is 0.243 e. The average molecular weight is 338 g/mol. The van der Waals surface area contributed by atoms with Crippen LogP contribution in [0.1, 0.15) is 12.5 Å². The first kappa shape index (κ1) is 15.8. The predicted octanol–water partition coefficient (Wildman–Crippen LogP) is 0.931. The highest BCUT2D eigenvalue weighted by molar-refractivity contribution is 7.89. The van der Waals surface area contributed by atoms with Crippen molar-refractivity contribution in [2.24, 2.45) is 0 Å². The molecule has 2 aromatic rings. The standard InChI is InChI=1S/C14H18N4O4S/c1-21-13-4-3-12(9-14(13)22-2)23(19,20)17-7-5-11(10-17)18-8-6-15-16-18/h3-4,6,8-9,11H,5,7,10H2,1-2H3. The molecule has 0 N–H and O–H groups in total. The van der Waals surface area contributed by atoms with E-state index in [1.54, 1.807) is 23.1 Å². The van der Waals surface area contributed by atoms with Crippen molar-refractivity contribution in [1.29, 1.82) is 0 Å². The molecular formula is C14H18N4O4S. The van der Waals surface area contributed by atoms with Crippen molar-refractivity contribution in [3.8, 4) is 11.5 Å². The van der Waals surface area contributed by atoms with E-state index in [0.29, 0.717) is 31.0 Å². The van der Waals surface area contributed by atoms with E-state index in [1.807, 2.05) is 0 Å². The predicted molar refractivity (Wildman–Crippen MR) is 82.0 cm³/mol. The third kappa shape index (κ3) is 2.89. The lowest BCUT2D eigenvalue weighted by Crippen LogP contribution is -2.29. The molecule has 1 unspecified atom stereocenters. The maximum Gasteiger partial charge on any atom is 0.243 e.